The van der Waals surface area contributed by atoms with E-state index in [2.05, 4.69) is 59.9 Å². The van der Waals surface area contributed by atoms with Crippen molar-refractivity contribution in [1.29, 1.82) is 5.26 Å². The van der Waals surface area contributed by atoms with Crippen molar-refractivity contribution in [2.24, 2.45) is 5.41 Å². The van der Waals surface area contributed by atoms with Crippen LogP contribution in [-0.2, 0) is 0 Å². The van der Waals surface area contributed by atoms with Crippen molar-refractivity contribution in [2.75, 3.05) is 13.1 Å². The van der Waals surface area contributed by atoms with Gasteiger partial charge in [-0.2, -0.15) is 5.26 Å². The fourth-order valence-electron chi connectivity index (χ4n) is 2.37. The number of benzene rings is 2. The molecule has 21 heavy (non-hydrogen) atoms. The van der Waals surface area contributed by atoms with Crippen molar-refractivity contribution >= 4 is 0 Å². The summed E-state index contributed by atoms with van der Waals surface area (Å²) in [7, 11) is 0. The smallest absolute Gasteiger partial charge is 0.0697 e. The van der Waals surface area contributed by atoms with Crippen molar-refractivity contribution in [2.45, 2.75) is 19.8 Å². The van der Waals surface area contributed by atoms with E-state index in [1.807, 2.05) is 26.0 Å². The number of nitrogens with one attached hydrogen (secondary N) is 1. The van der Waals surface area contributed by atoms with Crippen LogP contribution in [0.3, 0.4) is 0 Å². The van der Waals surface area contributed by atoms with Gasteiger partial charge in [-0.25, -0.2) is 0 Å². The first kappa shape index (κ1) is 15.3. The van der Waals surface area contributed by atoms with Crippen LogP contribution in [-0.4, -0.2) is 13.1 Å². The standard InChI is InChI=1S/C19H22N2/c1-19(2,14-20)15-21-13-18(16-9-5-3-6-10-16)17-11-7-4-8-12-17/h3-12,18,21H,13,15H2,1-2H3. The highest BCUT2D eigenvalue weighted by atomic mass is 14.9. The summed E-state index contributed by atoms with van der Waals surface area (Å²) >= 11 is 0. The zero-order valence-electron chi connectivity index (χ0n) is 12.7. The maximum atomic E-state index is 9.10. The summed E-state index contributed by atoms with van der Waals surface area (Å²) < 4.78 is 0. The molecule has 108 valence electrons. The van der Waals surface area contributed by atoms with Gasteiger partial charge in [0.2, 0.25) is 0 Å². The van der Waals surface area contributed by atoms with E-state index in [4.69, 9.17) is 5.26 Å². The van der Waals surface area contributed by atoms with Crippen LogP contribution in [0, 0.1) is 16.7 Å². The van der Waals surface area contributed by atoms with Crippen LogP contribution in [0.1, 0.15) is 30.9 Å². The fourth-order valence-corrected chi connectivity index (χ4v) is 2.37. The van der Waals surface area contributed by atoms with Gasteiger partial charge in [0.1, 0.15) is 0 Å². The Morgan fingerprint density at radius 2 is 1.43 bits per heavy atom. The minimum Gasteiger partial charge on any atom is -0.314 e. The molecule has 0 saturated carbocycles. The van der Waals surface area contributed by atoms with Gasteiger partial charge in [0, 0.05) is 19.0 Å². The Labute approximate surface area is 127 Å². The maximum absolute atomic E-state index is 9.10. The molecule has 2 aromatic rings. The predicted molar refractivity (Wildman–Crippen MR) is 87.0 cm³/mol. The van der Waals surface area contributed by atoms with Crippen LogP contribution < -0.4 is 5.32 Å². The monoisotopic (exact) mass is 278 g/mol. The fraction of sp³-hybridized carbons (Fsp3) is 0.316. The van der Waals surface area contributed by atoms with Crippen molar-refractivity contribution in [1.82, 2.24) is 5.32 Å². The van der Waals surface area contributed by atoms with Gasteiger partial charge in [-0.1, -0.05) is 60.7 Å². The van der Waals surface area contributed by atoms with Gasteiger partial charge in [-0.05, 0) is 25.0 Å². The third-order valence-corrected chi connectivity index (χ3v) is 3.62. The molecule has 2 heteroatoms. The number of hydrogen-bond donors (Lipinski definition) is 1. The quantitative estimate of drug-likeness (QED) is 0.868. The Balaban J connectivity index is 2.13. The van der Waals surface area contributed by atoms with Gasteiger partial charge < -0.3 is 5.32 Å². The minimum atomic E-state index is -0.335. The van der Waals surface area contributed by atoms with Gasteiger partial charge in [-0.15, -0.1) is 0 Å². The lowest BCUT2D eigenvalue weighted by atomic mass is 9.90. The second kappa shape index (κ2) is 7.06. The third kappa shape index (κ3) is 4.44. The Bertz CT molecular complexity index is 542. The van der Waals surface area contributed by atoms with Crippen LogP contribution >= 0.6 is 0 Å². The summed E-state index contributed by atoms with van der Waals surface area (Å²) in [5.74, 6) is 0.307. The maximum Gasteiger partial charge on any atom is 0.0697 e. The molecule has 0 bridgehead atoms. The highest BCUT2D eigenvalue weighted by molar-refractivity contribution is 5.32. The molecule has 0 aliphatic heterocycles. The molecule has 0 saturated heterocycles. The van der Waals surface area contributed by atoms with E-state index < -0.39 is 0 Å². The molecule has 0 spiro atoms. The van der Waals surface area contributed by atoms with E-state index in [0.29, 0.717) is 12.5 Å². The predicted octanol–water partition coefficient (Wildman–Crippen LogP) is 3.96. The molecule has 0 amide bonds. The molecule has 2 nitrogen and oxygen atoms in total. The first-order chi connectivity index (χ1) is 10.1. The average Bonchev–Trinajstić information content (AvgIpc) is 2.53. The number of hydrogen-bond acceptors (Lipinski definition) is 2. The Kier molecular flexibility index (Phi) is 5.14. The van der Waals surface area contributed by atoms with Gasteiger partial charge in [0.25, 0.3) is 0 Å². The van der Waals surface area contributed by atoms with Gasteiger partial charge in [-0.3, -0.25) is 0 Å². The second-order valence-electron chi connectivity index (χ2n) is 6.00. The van der Waals surface area contributed by atoms with E-state index in [9.17, 15) is 0 Å². The topological polar surface area (TPSA) is 35.8 Å². The summed E-state index contributed by atoms with van der Waals surface area (Å²) in [6.45, 7) is 5.44. The van der Waals surface area contributed by atoms with Gasteiger partial charge >= 0.3 is 0 Å². The molecule has 0 aromatic heterocycles. The molecule has 1 N–H and O–H groups in total. The minimum absolute atomic E-state index is 0.307. The van der Waals surface area contributed by atoms with Crippen LogP contribution in [0.5, 0.6) is 0 Å². The van der Waals surface area contributed by atoms with Gasteiger partial charge in [0.05, 0.1) is 11.5 Å². The van der Waals surface area contributed by atoms with E-state index in [1.54, 1.807) is 0 Å². The van der Waals surface area contributed by atoms with Crippen molar-refractivity contribution in [3.63, 3.8) is 0 Å². The first-order valence-corrected chi connectivity index (χ1v) is 7.34. The first-order valence-electron chi connectivity index (χ1n) is 7.34. The summed E-state index contributed by atoms with van der Waals surface area (Å²) in [4.78, 5) is 0. The molecule has 0 atom stereocenters. The van der Waals surface area contributed by atoms with E-state index in [1.165, 1.54) is 11.1 Å². The van der Waals surface area contributed by atoms with Crippen LogP contribution in [0.2, 0.25) is 0 Å². The van der Waals surface area contributed by atoms with E-state index >= 15 is 0 Å². The molecule has 0 heterocycles. The molecule has 0 radical (unpaired) electrons. The molecule has 2 rings (SSSR count). The lowest BCUT2D eigenvalue weighted by molar-refractivity contribution is 0.440. The second-order valence-corrected chi connectivity index (χ2v) is 6.00. The lowest BCUT2D eigenvalue weighted by Crippen LogP contribution is -2.31. The van der Waals surface area contributed by atoms with Crippen molar-refractivity contribution in [3.8, 4) is 6.07 Å². The van der Waals surface area contributed by atoms with Crippen LogP contribution in [0.15, 0.2) is 60.7 Å². The highest BCUT2D eigenvalue weighted by Gasteiger charge is 2.18. The molecule has 0 unspecified atom stereocenters. The summed E-state index contributed by atoms with van der Waals surface area (Å²) in [5.41, 5.74) is 2.26. The van der Waals surface area contributed by atoms with Crippen molar-refractivity contribution in [3.05, 3.63) is 71.8 Å². The molecule has 0 aliphatic rings. The molecule has 2 aromatic carbocycles. The van der Waals surface area contributed by atoms with Crippen molar-refractivity contribution < 1.29 is 0 Å². The normalized spacial score (nSPS) is 11.3. The summed E-state index contributed by atoms with van der Waals surface area (Å²) in [5, 5.41) is 12.6. The average molecular weight is 278 g/mol. The summed E-state index contributed by atoms with van der Waals surface area (Å²) in [6, 6.07) is 23.4. The molecule has 0 aliphatic carbocycles. The van der Waals surface area contributed by atoms with Gasteiger partial charge in [0.15, 0.2) is 0 Å². The zero-order chi connectivity index (χ0) is 15.1. The largest absolute Gasteiger partial charge is 0.314 e. The number of nitrogens with zero attached hydrogens (tertiary/aromatic N) is 1. The van der Waals surface area contributed by atoms with Crippen LogP contribution in [0.4, 0.5) is 0 Å². The van der Waals surface area contributed by atoms with E-state index in [-0.39, 0.29) is 5.41 Å². The lowest BCUT2D eigenvalue weighted by Gasteiger charge is -2.22. The Morgan fingerprint density at radius 1 is 0.952 bits per heavy atom. The Hall–Kier alpha value is -2.11. The van der Waals surface area contributed by atoms with Crippen LogP contribution in [0.25, 0.3) is 0 Å². The third-order valence-electron chi connectivity index (χ3n) is 3.62. The van der Waals surface area contributed by atoms with E-state index in [0.717, 1.165) is 6.54 Å². The zero-order valence-corrected chi connectivity index (χ0v) is 12.7. The highest BCUT2D eigenvalue weighted by Crippen LogP contribution is 2.24. The Morgan fingerprint density at radius 3 is 1.86 bits per heavy atom. The summed E-state index contributed by atoms with van der Waals surface area (Å²) in [6.07, 6.45) is 0. The molecular formula is C19H22N2. The molecular weight excluding hydrogens is 256 g/mol. The SMILES string of the molecule is CC(C)(C#N)CNCC(c1ccccc1)c1ccccc1. The molecule has 0 fully saturated rings. The number of rotatable bonds is 6. The number of nitriles is 1.